The average molecular weight is 268 g/mol. The van der Waals surface area contributed by atoms with Gasteiger partial charge in [0.05, 0.1) is 0 Å². The van der Waals surface area contributed by atoms with Gasteiger partial charge in [-0.3, -0.25) is 4.79 Å². The van der Waals surface area contributed by atoms with Gasteiger partial charge in [0.15, 0.2) is 0 Å². The number of hydrogen-bond donors (Lipinski definition) is 2. The first kappa shape index (κ1) is 14.3. The molecule has 0 bridgehead atoms. The second-order valence-electron chi connectivity index (χ2n) is 4.97. The summed E-state index contributed by atoms with van der Waals surface area (Å²) in [5, 5.41) is 2.99. The summed E-state index contributed by atoms with van der Waals surface area (Å²) in [6, 6.07) is 13.6. The average Bonchev–Trinajstić information content (AvgIpc) is 2.44. The molecule has 0 heterocycles. The van der Waals surface area contributed by atoms with E-state index in [-0.39, 0.29) is 5.91 Å². The summed E-state index contributed by atoms with van der Waals surface area (Å²) in [4.78, 5) is 12.4. The van der Waals surface area contributed by atoms with Crippen LogP contribution in [0.25, 0.3) is 0 Å². The van der Waals surface area contributed by atoms with Crippen molar-refractivity contribution in [3.05, 3.63) is 64.7 Å². The maximum absolute atomic E-state index is 12.4. The van der Waals surface area contributed by atoms with Crippen LogP contribution in [0.2, 0.25) is 0 Å². The third-order valence-corrected chi connectivity index (χ3v) is 3.32. The maximum atomic E-state index is 12.4. The summed E-state index contributed by atoms with van der Waals surface area (Å²) in [6.45, 7) is 4.53. The fourth-order valence-electron chi connectivity index (χ4n) is 2.18. The van der Waals surface area contributed by atoms with Crippen LogP contribution < -0.4 is 11.1 Å². The van der Waals surface area contributed by atoms with Crippen LogP contribution in [-0.2, 0) is 6.42 Å². The third kappa shape index (κ3) is 3.25. The topological polar surface area (TPSA) is 55.1 Å². The number of hydrogen-bond acceptors (Lipinski definition) is 2. The number of aryl methyl sites for hydroxylation is 2. The van der Waals surface area contributed by atoms with Gasteiger partial charge in [-0.05, 0) is 55.6 Å². The predicted molar refractivity (Wildman–Crippen MR) is 83.1 cm³/mol. The van der Waals surface area contributed by atoms with Gasteiger partial charge in [-0.15, -0.1) is 0 Å². The lowest BCUT2D eigenvalue weighted by molar-refractivity contribution is 0.102. The van der Waals surface area contributed by atoms with Crippen molar-refractivity contribution in [1.82, 2.24) is 0 Å². The summed E-state index contributed by atoms with van der Waals surface area (Å²) < 4.78 is 0. The van der Waals surface area contributed by atoms with Crippen LogP contribution in [0.1, 0.15) is 27.0 Å². The van der Waals surface area contributed by atoms with Crippen LogP contribution in [-0.4, -0.2) is 12.5 Å². The van der Waals surface area contributed by atoms with Crippen molar-refractivity contribution >= 4 is 11.6 Å². The molecule has 0 atom stereocenters. The molecule has 0 aliphatic carbocycles. The Balaban J connectivity index is 2.26. The lowest BCUT2D eigenvalue weighted by Crippen LogP contribution is -2.16. The van der Waals surface area contributed by atoms with Crippen LogP contribution in [0.3, 0.4) is 0 Å². The molecule has 0 fully saturated rings. The molecule has 2 aromatic rings. The number of carbonyl (C=O) groups excluding carboxylic acids is 1. The van der Waals surface area contributed by atoms with Gasteiger partial charge in [-0.1, -0.05) is 30.3 Å². The van der Waals surface area contributed by atoms with Gasteiger partial charge in [0, 0.05) is 11.3 Å². The Labute approximate surface area is 119 Å². The number of benzene rings is 2. The second-order valence-corrected chi connectivity index (χ2v) is 4.97. The molecule has 3 N–H and O–H groups in total. The molecule has 0 aliphatic heterocycles. The first-order chi connectivity index (χ1) is 9.61. The molecule has 0 unspecified atom stereocenters. The second kappa shape index (κ2) is 6.35. The van der Waals surface area contributed by atoms with E-state index in [1.807, 2.05) is 56.3 Å². The zero-order chi connectivity index (χ0) is 14.5. The summed E-state index contributed by atoms with van der Waals surface area (Å²) in [7, 11) is 0. The van der Waals surface area contributed by atoms with E-state index in [4.69, 9.17) is 5.73 Å². The fraction of sp³-hybridized carbons (Fsp3) is 0.235. The zero-order valence-corrected chi connectivity index (χ0v) is 11.9. The van der Waals surface area contributed by atoms with Crippen molar-refractivity contribution in [2.45, 2.75) is 20.3 Å². The van der Waals surface area contributed by atoms with Crippen molar-refractivity contribution in [2.24, 2.45) is 5.73 Å². The molecule has 1 amide bonds. The lowest BCUT2D eigenvalue weighted by atomic mass is 10.0. The Bertz CT molecular complexity index is 620. The highest BCUT2D eigenvalue weighted by atomic mass is 16.1. The Morgan fingerprint density at radius 3 is 2.65 bits per heavy atom. The Morgan fingerprint density at radius 1 is 1.15 bits per heavy atom. The highest BCUT2D eigenvalue weighted by Gasteiger charge is 2.11. The van der Waals surface area contributed by atoms with E-state index in [2.05, 4.69) is 5.32 Å². The van der Waals surface area contributed by atoms with Crippen molar-refractivity contribution in [3.63, 3.8) is 0 Å². The molecule has 104 valence electrons. The Kier molecular flexibility index (Phi) is 4.53. The normalized spacial score (nSPS) is 10.3. The van der Waals surface area contributed by atoms with E-state index in [1.54, 1.807) is 0 Å². The van der Waals surface area contributed by atoms with Gasteiger partial charge >= 0.3 is 0 Å². The van der Waals surface area contributed by atoms with Gasteiger partial charge in [-0.25, -0.2) is 0 Å². The van der Waals surface area contributed by atoms with Gasteiger partial charge in [-0.2, -0.15) is 0 Å². The molecule has 2 rings (SSSR count). The molecule has 0 saturated carbocycles. The summed E-state index contributed by atoms with van der Waals surface area (Å²) in [5.74, 6) is -0.0808. The summed E-state index contributed by atoms with van der Waals surface area (Å²) >= 11 is 0. The molecule has 0 aromatic heterocycles. The van der Waals surface area contributed by atoms with Crippen LogP contribution in [0.4, 0.5) is 5.69 Å². The van der Waals surface area contributed by atoms with E-state index >= 15 is 0 Å². The van der Waals surface area contributed by atoms with Crippen molar-refractivity contribution in [3.8, 4) is 0 Å². The summed E-state index contributed by atoms with van der Waals surface area (Å²) in [5.41, 5.74) is 10.3. The minimum atomic E-state index is -0.0808. The Morgan fingerprint density at radius 2 is 1.90 bits per heavy atom. The number of nitrogens with two attached hydrogens (primary N) is 1. The molecule has 2 aromatic carbocycles. The van der Waals surface area contributed by atoms with Crippen LogP contribution in [0.5, 0.6) is 0 Å². The number of nitrogens with one attached hydrogen (secondary N) is 1. The maximum Gasteiger partial charge on any atom is 0.255 e. The number of anilines is 1. The van der Waals surface area contributed by atoms with E-state index in [1.165, 1.54) is 0 Å². The van der Waals surface area contributed by atoms with E-state index in [9.17, 15) is 4.79 Å². The van der Waals surface area contributed by atoms with Crippen molar-refractivity contribution in [2.75, 3.05) is 11.9 Å². The van der Waals surface area contributed by atoms with Gasteiger partial charge < -0.3 is 11.1 Å². The molecule has 0 radical (unpaired) electrons. The molecular formula is C17H20N2O. The molecule has 20 heavy (non-hydrogen) atoms. The highest BCUT2D eigenvalue weighted by Crippen LogP contribution is 2.18. The van der Waals surface area contributed by atoms with Gasteiger partial charge in [0.25, 0.3) is 5.91 Å². The van der Waals surface area contributed by atoms with Crippen molar-refractivity contribution in [1.29, 1.82) is 0 Å². The first-order valence-corrected chi connectivity index (χ1v) is 6.78. The highest BCUT2D eigenvalue weighted by molar-refractivity contribution is 6.05. The minimum Gasteiger partial charge on any atom is -0.330 e. The monoisotopic (exact) mass is 268 g/mol. The van der Waals surface area contributed by atoms with Crippen LogP contribution >= 0.6 is 0 Å². The first-order valence-electron chi connectivity index (χ1n) is 6.78. The fourth-order valence-corrected chi connectivity index (χ4v) is 2.18. The van der Waals surface area contributed by atoms with E-state index in [0.717, 1.165) is 22.4 Å². The molecule has 0 saturated heterocycles. The quantitative estimate of drug-likeness (QED) is 0.895. The zero-order valence-electron chi connectivity index (χ0n) is 11.9. The SMILES string of the molecule is Cc1ccc(C)c(NC(=O)c2ccccc2CCN)c1. The molecule has 0 spiro atoms. The largest absolute Gasteiger partial charge is 0.330 e. The Hall–Kier alpha value is -2.13. The molecular weight excluding hydrogens is 248 g/mol. The number of rotatable bonds is 4. The predicted octanol–water partition coefficient (Wildman–Crippen LogP) is 3.06. The third-order valence-electron chi connectivity index (χ3n) is 3.32. The van der Waals surface area contributed by atoms with Crippen LogP contribution in [0.15, 0.2) is 42.5 Å². The molecule has 3 nitrogen and oxygen atoms in total. The van der Waals surface area contributed by atoms with Crippen molar-refractivity contribution < 1.29 is 4.79 Å². The minimum absolute atomic E-state index is 0.0808. The van der Waals surface area contributed by atoms with Gasteiger partial charge in [0.1, 0.15) is 0 Å². The lowest BCUT2D eigenvalue weighted by Gasteiger charge is -2.12. The number of carbonyl (C=O) groups is 1. The van der Waals surface area contributed by atoms with E-state index in [0.29, 0.717) is 18.5 Å². The smallest absolute Gasteiger partial charge is 0.255 e. The van der Waals surface area contributed by atoms with Crippen LogP contribution in [0, 0.1) is 13.8 Å². The summed E-state index contributed by atoms with van der Waals surface area (Å²) in [6.07, 6.45) is 0.705. The molecule has 0 aliphatic rings. The van der Waals surface area contributed by atoms with Gasteiger partial charge in [0.2, 0.25) is 0 Å². The standard InChI is InChI=1S/C17H20N2O/c1-12-7-8-13(2)16(11-12)19-17(20)15-6-4-3-5-14(15)9-10-18/h3-8,11H,9-10,18H2,1-2H3,(H,19,20). The van der Waals surface area contributed by atoms with E-state index < -0.39 is 0 Å². The molecule has 3 heteroatoms. The number of amides is 1.